The molecule has 0 atom stereocenters. The third kappa shape index (κ3) is 36.1. The van der Waals surface area contributed by atoms with Gasteiger partial charge in [0.1, 0.15) is 0 Å². The SMILES string of the molecule is C.CC(C)N1C=CCC=C1.CC(C)N1C=CCCC1.CC(C)N1C=CNC=C1.CC(C)N1C=CNCC1.CC(C)N1CCCCC1.CC(C)N1CCNCC1.CC(C)N1CCOCC1.CC(C)N1CCSCC1. The predicted octanol–water partition coefficient (Wildman–Crippen LogP) is 11.1. The topological polar surface area (TPSA) is 71.2 Å². The van der Waals surface area contributed by atoms with Crippen LogP contribution >= 0.6 is 11.8 Å². The van der Waals surface area contributed by atoms with Crippen LogP contribution in [0.2, 0.25) is 0 Å². The Hall–Kier alpha value is -2.65. The van der Waals surface area contributed by atoms with Gasteiger partial charge in [-0.25, -0.2) is 0 Å². The molecule has 0 aromatic rings. The van der Waals surface area contributed by atoms with Crippen molar-refractivity contribution in [3.8, 4) is 0 Å². The molecule has 0 saturated carbocycles. The molecule has 0 amide bonds. The minimum Gasteiger partial charge on any atom is -0.388 e. The van der Waals surface area contributed by atoms with Gasteiger partial charge in [0.15, 0.2) is 0 Å². The maximum atomic E-state index is 5.21. The minimum absolute atomic E-state index is 0. The molecule has 0 aromatic carbocycles. The third-order valence-electron chi connectivity index (χ3n) is 13.6. The average Bonchev–Trinajstić information content (AvgIpc) is 3.42. The fourth-order valence-corrected chi connectivity index (χ4v) is 9.33. The highest BCUT2D eigenvalue weighted by atomic mass is 32.2. The molecule has 8 rings (SSSR count). The number of thioether (sulfide) groups is 1. The molecule has 428 valence electrons. The van der Waals surface area contributed by atoms with Crippen molar-refractivity contribution in [3.05, 3.63) is 74.0 Å². The van der Waals surface area contributed by atoms with Crippen LogP contribution in [-0.2, 0) is 4.74 Å². The summed E-state index contributed by atoms with van der Waals surface area (Å²) in [5.41, 5.74) is 0. The number of hydrogen-bond acceptors (Lipinski definition) is 13. The van der Waals surface area contributed by atoms with Crippen LogP contribution < -0.4 is 16.0 Å². The van der Waals surface area contributed by atoms with Gasteiger partial charge in [-0.15, -0.1) is 0 Å². The standard InChI is InChI=1S/C8H17N.C8H15N.C8H13N.C7H16N2.C7H14N2.C7H12N2.C7H15NO.C7H15NS.CH4/c3*1-8(2)9-6-4-3-5-7-9;3*1-7(2)9-5-3-8-4-6-9;2*1-7(2)8-3-5-9-6-4-8;/h8H,3-7H2,1-2H3;4,6,8H,3,5,7H2,1-2H3;4-8H,3H2,1-2H3;7-8H,3-6H2,1-2H3;3,5,7-8H,4,6H2,1-2H3;3-8H,1-2H3;2*7H,3-6H2,1-2H3;1H4. The Labute approximate surface area is 458 Å². The van der Waals surface area contributed by atoms with Crippen LogP contribution in [0.4, 0.5) is 0 Å². The summed E-state index contributed by atoms with van der Waals surface area (Å²) in [6, 6.07) is 5.42. The third-order valence-corrected chi connectivity index (χ3v) is 14.5. The molecule has 0 radical (unpaired) electrons. The van der Waals surface area contributed by atoms with E-state index in [0.29, 0.717) is 30.2 Å². The summed E-state index contributed by atoms with van der Waals surface area (Å²) in [7, 11) is 0. The number of piperidine rings is 1. The highest BCUT2D eigenvalue weighted by molar-refractivity contribution is 7.99. The van der Waals surface area contributed by atoms with Crippen LogP contribution in [0.3, 0.4) is 0 Å². The van der Waals surface area contributed by atoms with E-state index in [9.17, 15) is 0 Å². The molecule has 13 heteroatoms. The average molecular weight is 1040 g/mol. The summed E-state index contributed by atoms with van der Waals surface area (Å²) in [6.07, 6.45) is 33.0. The van der Waals surface area contributed by atoms with Crippen LogP contribution in [0.25, 0.3) is 0 Å². The quantitative estimate of drug-likeness (QED) is 0.216. The summed E-state index contributed by atoms with van der Waals surface area (Å²) in [6.45, 7) is 53.1. The first kappa shape index (κ1) is 70.3. The largest absolute Gasteiger partial charge is 0.388 e. The molecular formula is C60H121N11OS. The Morgan fingerprint density at radius 2 is 0.863 bits per heavy atom. The van der Waals surface area contributed by atoms with E-state index >= 15 is 0 Å². The van der Waals surface area contributed by atoms with Crippen LogP contribution in [0.15, 0.2) is 74.0 Å². The number of nitrogens with zero attached hydrogens (tertiary/aromatic N) is 8. The number of likely N-dealkylation sites (tertiary alicyclic amines) is 1. The molecule has 8 aliphatic heterocycles. The number of ether oxygens (including phenoxy) is 1. The van der Waals surface area contributed by atoms with Crippen molar-refractivity contribution in [1.29, 1.82) is 0 Å². The predicted molar refractivity (Wildman–Crippen MR) is 326 cm³/mol. The van der Waals surface area contributed by atoms with Gasteiger partial charge in [0.2, 0.25) is 0 Å². The lowest BCUT2D eigenvalue weighted by Crippen LogP contribution is -2.46. The second-order valence-electron chi connectivity index (χ2n) is 21.9. The highest BCUT2D eigenvalue weighted by Crippen LogP contribution is 2.13. The maximum Gasteiger partial charge on any atom is 0.0594 e. The molecule has 4 saturated heterocycles. The van der Waals surface area contributed by atoms with Gasteiger partial charge in [-0.2, -0.15) is 11.8 Å². The molecule has 0 aliphatic carbocycles. The maximum absolute atomic E-state index is 5.21. The summed E-state index contributed by atoms with van der Waals surface area (Å²) < 4.78 is 5.21. The Morgan fingerprint density at radius 1 is 0.397 bits per heavy atom. The number of allylic oxidation sites excluding steroid dienone is 3. The lowest BCUT2D eigenvalue weighted by atomic mass is 10.1. The molecular weight excluding hydrogens is 923 g/mol. The van der Waals surface area contributed by atoms with Gasteiger partial charge >= 0.3 is 0 Å². The Balaban J connectivity index is 0.000000810. The normalized spacial score (nSPS) is 20.2. The molecule has 0 spiro atoms. The Bertz CT molecular complexity index is 1240. The van der Waals surface area contributed by atoms with Gasteiger partial charge in [-0.05, 0) is 162 Å². The molecule has 0 unspecified atom stereocenters. The fraction of sp³-hybridized carbons (Fsp3) is 0.800. The lowest BCUT2D eigenvalue weighted by molar-refractivity contribution is 0.0238. The van der Waals surface area contributed by atoms with Crippen molar-refractivity contribution >= 4 is 11.8 Å². The van der Waals surface area contributed by atoms with E-state index in [2.05, 4.69) is 221 Å². The van der Waals surface area contributed by atoms with Crippen LogP contribution in [0, 0.1) is 0 Å². The van der Waals surface area contributed by atoms with Crippen molar-refractivity contribution in [2.75, 3.05) is 110 Å². The van der Waals surface area contributed by atoms with Crippen LogP contribution in [0.5, 0.6) is 0 Å². The number of rotatable bonds is 8. The molecule has 0 aromatic heterocycles. The van der Waals surface area contributed by atoms with Crippen molar-refractivity contribution in [2.45, 2.75) is 205 Å². The van der Waals surface area contributed by atoms with Gasteiger partial charge < -0.3 is 45.2 Å². The van der Waals surface area contributed by atoms with Crippen molar-refractivity contribution in [3.63, 3.8) is 0 Å². The highest BCUT2D eigenvalue weighted by Gasteiger charge is 2.15. The van der Waals surface area contributed by atoms with Gasteiger partial charge in [0.25, 0.3) is 0 Å². The van der Waals surface area contributed by atoms with E-state index in [-0.39, 0.29) is 7.43 Å². The summed E-state index contributed by atoms with van der Waals surface area (Å²) in [4.78, 5) is 19.1. The number of hydrogen-bond donors (Lipinski definition) is 3. The zero-order chi connectivity index (χ0) is 53.5. The number of morpholine rings is 1. The Kier molecular flexibility index (Phi) is 42.9. The number of piperazine rings is 1. The van der Waals surface area contributed by atoms with E-state index in [1.165, 1.54) is 89.4 Å². The summed E-state index contributed by atoms with van der Waals surface area (Å²) in [5, 5.41) is 9.44. The van der Waals surface area contributed by atoms with E-state index in [4.69, 9.17) is 4.74 Å². The van der Waals surface area contributed by atoms with E-state index in [0.717, 1.165) is 77.0 Å². The van der Waals surface area contributed by atoms with Gasteiger partial charge in [0, 0.05) is 181 Å². The van der Waals surface area contributed by atoms with Crippen LogP contribution in [-0.4, -0.2) is 197 Å². The lowest BCUT2D eigenvalue weighted by Gasteiger charge is -2.30. The monoisotopic (exact) mass is 1040 g/mol. The summed E-state index contributed by atoms with van der Waals surface area (Å²) in [5.74, 6) is 2.66. The fourth-order valence-electron chi connectivity index (χ4n) is 8.40. The van der Waals surface area contributed by atoms with Crippen molar-refractivity contribution in [1.82, 2.24) is 55.1 Å². The van der Waals surface area contributed by atoms with Gasteiger partial charge in [0.05, 0.1) is 13.2 Å². The second-order valence-corrected chi connectivity index (χ2v) is 23.1. The summed E-state index contributed by atoms with van der Waals surface area (Å²) >= 11 is 2.07. The van der Waals surface area contributed by atoms with Crippen LogP contribution in [0.1, 0.15) is 157 Å². The first-order valence-corrected chi connectivity index (χ1v) is 30.0. The molecule has 73 heavy (non-hydrogen) atoms. The van der Waals surface area contributed by atoms with E-state index < -0.39 is 0 Å². The molecule has 3 N–H and O–H groups in total. The smallest absolute Gasteiger partial charge is 0.0594 e. The molecule has 8 heterocycles. The van der Waals surface area contributed by atoms with E-state index in [1.807, 2.05) is 31.0 Å². The molecule has 4 fully saturated rings. The van der Waals surface area contributed by atoms with Crippen molar-refractivity contribution in [2.24, 2.45) is 0 Å². The number of nitrogens with one attached hydrogen (secondary N) is 3. The van der Waals surface area contributed by atoms with Crippen molar-refractivity contribution < 1.29 is 4.74 Å². The van der Waals surface area contributed by atoms with E-state index in [1.54, 1.807) is 0 Å². The first-order chi connectivity index (χ1) is 34.4. The molecule has 0 bridgehead atoms. The minimum atomic E-state index is 0. The van der Waals surface area contributed by atoms with Gasteiger partial charge in [-0.1, -0.05) is 32.1 Å². The van der Waals surface area contributed by atoms with Gasteiger partial charge in [-0.3, -0.25) is 14.7 Å². The second kappa shape index (κ2) is 44.5. The zero-order valence-electron chi connectivity index (χ0n) is 49.7. The first-order valence-electron chi connectivity index (χ1n) is 28.8. The Morgan fingerprint density at radius 3 is 1.19 bits per heavy atom. The molecule has 12 nitrogen and oxygen atoms in total. The zero-order valence-corrected chi connectivity index (χ0v) is 50.5. The molecule has 8 aliphatic rings.